The van der Waals surface area contributed by atoms with Crippen LogP contribution in [-0.4, -0.2) is 31.8 Å². The molecule has 0 unspecified atom stereocenters. The first-order chi connectivity index (χ1) is 15.7. The van der Waals surface area contributed by atoms with E-state index in [1.165, 1.54) is 11.5 Å². The Hall–Kier alpha value is -3.59. The number of hydrogen-bond acceptors (Lipinski definition) is 5. The van der Waals surface area contributed by atoms with Crippen molar-refractivity contribution in [3.63, 3.8) is 0 Å². The fraction of sp³-hybridized carbons (Fsp3) is 0.304. The summed E-state index contributed by atoms with van der Waals surface area (Å²) < 4.78 is 7.72. The quantitative estimate of drug-likeness (QED) is 0.522. The highest BCUT2D eigenvalue weighted by Crippen LogP contribution is 2.23. The molecule has 0 spiro atoms. The van der Waals surface area contributed by atoms with Crippen molar-refractivity contribution in [1.82, 2.24) is 14.1 Å². The summed E-state index contributed by atoms with van der Waals surface area (Å²) in [6, 6.07) is 12.2. The first kappa shape index (κ1) is 24.1. The third kappa shape index (κ3) is 5.81. The van der Waals surface area contributed by atoms with Crippen LogP contribution in [0.2, 0.25) is 5.02 Å². The first-order valence-corrected chi connectivity index (χ1v) is 10.8. The van der Waals surface area contributed by atoms with E-state index in [2.05, 4.69) is 9.98 Å². The van der Waals surface area contributed by atoms with Gasteiger partial charge in [-0.05, 0) is 55.3 Å². The monoisotopic (exact) mass is 472 g/mol. The van der Waals surface area contributed by atoms with E-state index < -0.39 is 23.3 Å². The van der Waals surface area contributed by atoms with Crippen molar-refractivity contribution in [3.05, 3.63) is 85.2 Å². The second-order valence-electron chi connectivity index (χ2n) is 7.59. The number of rotatable bonds is 8. The molecule has 3 aromatic rings. The van der Waals surface area contributed by atoms with Crippen molar-refractivity contribution in [2.24, 2.45) is 10.9 Å². The SMILES string of the molecule is CCOc1ccc(/N=c2\[nH]c(=O)n(C[C@H](C)C(=O)O)c(=O)n2Cc2ccc(Cl)cc2)cc1C. The molecule has 1 atom stereocenters. The maximum atomic E-state index is 13.2. The van der Waals surface area contributed by atoms with E-state index in [-0.39, 0.29) is 18.7 Å². The Labute approximate surface area is 194 Å². The highest BCUT2D eigenvalue weighted by molar-refractivity contribution is 6.30. The zero-order valence-electron chi connectivity index (χ0n) is 18.5. The number of ether oxygens (including phenoxy) is 1. The van der Waals surface area contributed by atoms with Crippen LogP contribution in [0, 0.1) is 12.8 Å². The van der Waals surface area contributed by atoms with Gasteiger partial charge in [0.05, 0.1) is 24.8 Å². The van der Waals surface area contributed by atoms with Crippen LogP contribution < -0.4 is 21.7 Å². The van der Waals surface area contributed by atoms with Crippen molar-refractivity contribution >= 4 is 23.3 Å². The Morgan fingerprint density at radius 1 is 1.18 bits per heavy atom. The highest BCUT2D eigenvalue weighted by Gasteiger charge is 2.17. The topological polar surface area (TPSA) is 119 Å². The molecule has 33 heavy (non-hydrogen) atoms. The minimum Gasteiger partial charge on any atom is -0.494 e. The van der Waals surface area contributed by atoms with Gasteiger partial charge in [0.2, 0.25) is 5.62 Å². The molecule has 0 aliphatic rings. The summed E-state index contributed by atoms with van der Waals surface area (Å²) in [6.07, 6.45) is 0. The lowest BCUT2D eigenvalue weighted by Crippen LogP contribution is -2.51. The predicted octanol–water partition coefficient (Wildman–Crippen LogP) is 2.70. The summed E-state index contributed by atoms with van der Waals surface area (Å²) in [4.78, 5) is 44.3. The van der Waals surface area contributed by atoms with Gasteiger partial charge in [-0.15, -0.1) is 0 Å². The summed E-state index contributed by atoms with van der Waals surface area (Å²) in [5, 5.41) is 9.76. The van der Waals surface area contributed by atoms with Gasteiger partial charge < -0.3 is 9.84 Å². The Morgan fingerprint density at radius 2 is 1.88 bits per heavy atom. The molecule has 2 aromatic carbocycles. The van der Waals surface area contributed by atoms with Crippen molar-refractivity contribution < 1.29 is 14.6 Å². The summed E-state index contributed by atoms with van der Waals surface area (Å²) in [6.45, 7) is 5.55. The molecule has 0 radical (unpaired) electrons. The molecule has 0 saturated carbocycles. The molecule has 10 heteroatoms. The zero-order chi connectivity index (χ0) is 24.1. The fourth-order valence-corrected chi connectivity index (χ4v) is 3.34. The summed E-state index contributed by atoms with van der Waals surface area (Å²) in [7, 11) is 0. The lowest BCUT2D eigenvalue weighted by atomic mass is 10.2. The number of benzene rings is 2. The molecule has 0 aliphatic carbocycles. The number of nitrogens with one attached hydrogen (secondary N) is 1. The van der Waals surface area contributed by atoms with Crippen LogP contribution in [0.4, 0.5) is 5.69 Å². The number of aromatic nitrogens is 3. The van der Waals surface area contributed by atoms with Gasteiger partial charge in [-0.25, -0.2) is 19.1 Å². The van der Waals surface area contributed by atoms with E-state index in [1.807, 2.05) is 13.8 Å². The number of aryl methyl sites for hydroxylation is 1. The largest absolute Gasteiger partial charge is 0.494 e. The average Bonchev–Trinajstić information content (AvgIpc) is 2.77. The highest BCUT2D eigenvalue weighted by atomic mass is 35.5. The lowest BCUT2D eigenvalue weighted by Gasteiger charge is -2.13. The molecule has 2 N–H and O–H groups in total. The minimum atomic E-state index is -1.11. The van der Waals surface area contributed by atoms with Crippen molar-refractivity contribution in [3.8, 4) is 5.75 Å². The molecule has 0 bridgehead atoms. The molecule has 0 amide bonds. The molecule has 9 nitrogen and oxygen atoms in total. The first-order valence-electron chi connectivity index (χ1n) is 10.4. The molecular formula is C23H25ClN4O5. The van der Waals surface area contributed by atoms with Crippen molar-refractivity contribution in [1.29, 1.82) is 0 Å². The van der Waals surface area contributed by atoms with Gasteiger partial charge in [-0.2, -0.15) is 0 Å². The Morgan fingerprint density at radius 3 is 2.48 bits per heavy atom. The predicted molar refractivity (Wildman–Crippen MR) is 124 cm³/mol. The number of halogens is 1. The second kappa shape index (κ2) is 10.4. The number of carboxylic acid groups (broad SMARTS) is 1. The van der Waals surface area contributed by atoms with Gasteiger partial charge in [0.25, 0.3) is 0 Å². The molecule has 0 fully saturated rings. The molecule has 174 valence electrons. The van der Waals surface area contributed by atoms with Gasteiger partial charge in [0, 0.05) is 11.6 Å². The number of aromatic amines is 1. The number of carbonyl (C=O) groups is 1. The summed E-state index contributed by atoms with van der Waals surface area (Å²) >= 11 is 5.96. The van der Waals surface area contributed by atoms with Gasteiger partial charge in [-0.3, -0.25) is 14.3 Å². The second-order valence-corrected chi connectivity index (χ2v) is 8.03. The van der Waals surface area contributed by atoms with Crippen LogP contribution >= 0.6 is 11.6 Å². The third-order valence-corrected chi connectivity index (χ3v) is 5.26. The van der Waals surface area contributed by atoms with E-state index in [1.54, 1.807) is 42.5 Å². The lowest BCUT2D eigenvalue weighted by molar-refractivity contribution is -0.141. The Kier molecular flexibility index (Phi) is 7.55. The van der Waals surface area contributed by atoms with Crippen LogP contribution in [0.25, 0.3) is 0 Å². The van der Waals surface area contributed by atoms with Crippen LogP contribution in [0.15, 0.2) is 57.0 Å². The van der Waals surface area contributed by atoms with Gasteiger partial charge in [-0.1, -0.05) is 30.7 Å². The fourth-order valence-electron chi connectivity index (χ4n) is 3.21. The zero-order valence-corrected chi connectivity index (χ0v) is 19.3. The minimum absolute atomic E-state index is 0.0442. The van der Waals surface area contributed by atoms with E-state index >= 15 is 0 Å². The molecule has 3 rings (SSSR count). The maximum absolute atomic E-state index is 13.2. The standard InChI is InChI=1S/C23H25ClN4O5/c1-4-33-19-10-9-18(11-14(19)2)25-21-26-22(31)28(12-15(3)20(29)30)23(32)27(21)13-16-5-7-17(24)8-6-16/h5-11,15H,4,12-13H2,1-3H3,(H,29,30)(H,25,26,31)/t15-/m0/s1. The number of aliphatic carboxylic acids is 1. The molecule has 0 saturated heterocycles. The third-order valence-electron chi connectivity index (χ3n) is 5.01. The number of hydrogen-bond donors (Lipinski definition) is 2. The molecular weight excluding hydrogens is 448 g/mol. The van der Waals surface area contributed by atoms with Crippen LogP contribution in [0.1, 0.15) is 25.0 Å². The van der Waals surface area contributed by atoms with E-state index in [4.69, 9.17) is 16.3 Å². The maximum Gasteiger partial charge on any atom is 0.335 e. The Balaban J connectivity index is 2.17. The van der Waals surface area contributed by atoms with Gasteiger partial charge in [0.1, 0.15) is 5.75 Å². The van der Waals surface area contributed by atoms with Crippen LogP contribution in [-0.2, 0) is 17.9 Å². The molecule has 1 heterocycles. The van der Waals surface area contributed by atoms with E-state index in [0.717, 1.165) is 21.4 Å². The summed E-state index contributed by atoms with van der Waals surface area (Å²) in [5.41, 5.74) is 0.777. The van der Waals surface area contributed by atoms with Crippen molar-refractivity contribution in [2.75, 3.05) is 6.61 Å². The van der Waals surface area contributed by atoms with Crippen LogP contribution in [0.3, 0.4) is 0 Å². The van der Waals surface area contributed by atoms with E-state index in [0.29, 0.717) is 17.3 Å². The van der Waals surface area contributed by atoms with Gasteiger partial charge >= 0.3 is 17.3 Å². The molecule has 0 aliphatic heterocycles. The normalized spacial score (nSPS) is 12.5. The van der Waals surface area contributed by atoms with E-state index in [9.17, 15) is 19.5 Å². The smallest absolute Gasteiger partial charge is 0.335 e. The number of nitrogens with zero attached hydrogens (tertiary/aromatic N) is 3. The summed E-state index contributed by atoms with van der Waals surface area (Å²) in [5.74, 6) is -1.31. The Bertz CT molecular complexity index is 1340. The average molecular weight is 473 g/mol. The van der Waals surface area contributed by atoms with Crippen LogP contribution in [0.5, 0.6) is 5.75 Å². The van der Waals surface area contributed by atoms with Crippen molar-refractivity contribution in [2.45, 2.75) is 33.9 Å². The van der Waals surface area contributed by atoms with Gasteiger partial charge in [0.15, 0.2) is 0 Å². The number of H-pyrrole nitrogens is 1. The molecule has 1 aromatic heterocycles. The number of carboxylic acids is 1.